The second kappa shape index (κ2) is 8.52. The Labute approximate surface area is 247 Å². The summed E-state index contributed by atoms with van der Waals surface area (Å²) in [6.45, 7) is 4.65. The molecule has 1 aliphatic rings. The van der Waals surface area contributed by atoms with Crippen LogP contribution >= 0.6 is 0 Å². The molecule has 0 N–H and O–H groups in total. The standard InChI is InChI=1S/C39H26N2O2/c1-39(2)31-14-5-3-11-26(31)27-17-18-28-30-22-40-20-19-32(30)41(37(28)36(27)39)24-10-7-9-23(21-24)25-13-8-16-34-35(25)38(42)29-12-4-6-15-33(29)43-34/h3-22H,1-2H3. The Kier molecular flexibility index (Phi) is 4.79. The summed E-state index contributed by atoms with van der Waals surface area (Å²) < 4.78 is 8.58. The lowest BCUT2D eigenvalue weighted by Gasteiger charge is -2.23. The number of hydrogen-bond donors (Lipinski definition) is 0. The first-order chi connectivity index (χ1) is 21.0. The van der Waals surface area contributed by atoms with E-state index in [1.807, 2.05) is 54.9 Å². The molecule has 0 aliphatic heterocycles. The molecule has 0 atom stereocenters. The predicted molar refractivity (Wildman–Crippen MR) is 175 cm³/mol. The first-order valence-corrected chi connectivity index (χ1v) is 14.6. The molecule has 5 aromatic carbocycles. The largest absolute Gasteiger partial charge is 0.456 e. The van der Waals surface area contributed by atoms with Gasteiger partial charge in [-0.2, -0.15) is 0 Å². The molecule has 0 unspecified atom stereocenters. The van der Waals surface area contributed by atoms with Crippen molar-refractivity contribution in [2.24, 2.45) is 0 Å². The number of para-hydroxylation sites is 1. The second-order valence-electron chi connectivity index (χ2n) is 11.9. The van der Waals surface area contributed by atoms with Crippen molar-refractivity contribution in [3.05, 3.63) is 143 Å². The van der Waals surface area contributed by atoms with E-state index in [1.54, 1.807) is 0 Å². The third kappa shape index (κ3) is 3.21. The van der Waals surface area contributed by atoms with E-state index in [9.17, 15) is 4.79 Å². The van der Waals surface area contributed by atoms with E-state index in [1.165, 1.54) is 33.2 Å². The molecule has 3 aromatic heterocycles. The summed E-state index contributed by atoms with van der Waals surface area (Å²) in [6, 6.07) is 37.2. The molecule has 0 amide bonds. The number of fused-ring (bicyclic) bond motifs is 9. The molecule has 4 nitrogen and oxygen atoms in total. The molecule has 0 saturated carbocycles. The summed E-state index contributed by atoms with van der Waals surface area (Å²) in [5, 5.41) is 3.49. The van der Waals surface area contributed by atoms with Crippen molar-refractivity contribution in [1.29, 1.82) is 0 Å². The van der Waals surface area contributed by atoms with Crippen LogP contribution in [0.3, 0.4) is 0 Å². The highest BCUT2D eigenvalue weighted by Gasteiger charge is 2.38. The van der Waals surface area contributed by atoms with E-state index < -0.39 is 0 Å². The molecule has 0 radical (unpaired) electrons. The van der Waals surface area contributed by atoms with Crippen LogP contribution in [0, 0.1) is 0 Å². The Balaban J connectivity index is 1.36. The molecule has 1 aliphatic carbocycles. The number of aromatic nitrogens is 2. The second-order valence-corrected chi connectivity index (χ2v) is 11.9. The third-order valence-electron chi connectivity index (χ3n) is 9.27. The van der Waals surface area contributed by atoms with Gasteiger partial charge in [-0.1, -0.05) is 86.6 Å². The smallest absolute Gasteiger partial charge is 0.201 e. The number of hydrogen-bond acceptors (Lipinski definition) is 3. The molecule has 0 spiro atoms. The molecular formula is C39H26N2O2. The Hall–Kier alpha value is -5.48. The summed E-state index contributed by atoms with van der Waals surface area (Å²) in [7, 11) is 0. The van der Waals surface area contributed by atoms with Crippen molar-refractivity contribution in [1.82, 2.24) is 9.55 Å². The molecule has 3 heterocycles. The van der Waals surface area contributed by atoms with Crippen LogP contribution < -0.4 is 5.43 Å². The zero-order chi connectivity index (χ0) is 28.9. The summed E-state index contributed by atoms with van der Waals surface area (Å²) in [5.41, 5.74) is 11.4. The predicted octanol–water partition coefficient (Wildman–Crippen LogP) is 9.41. The summed E-state index contributed by atoms with van der Waals surface area (Å²) in [6.07, 6.45) is 3.84. The third-order valence-corrected chi connectivity index (χ3v) is 9.27. The van der Waals surface area contributed by atoms with Gasteiger partial charge >= 0.3 is 0 Å². The quantitative estimate of drug-likeness (QED) is 0.200. The van der Waals surface area contributed by atoms with Crippen LogP contribution in [0.15, 0.2) is 131 Å². The minimum absolute atomic E-state index is 0.0156. The zero-order valence-corrected chi connectivity index (χ0v) is 23.8. The van der Waals surface area contributed by atoms with Crippen LogP contribution in [0.25, 0.3) is 71.7 Å². The molecule has 0 saturated heterocycles. The normalized spacial score (nSPS) is 13.6. The highest BCUT2D eigenvalue weighted by atomic mass is 16.3. The maximum atomic E-state index is 13.8. The van der Waals surface area contributed by atoms with Gasteiger partial charge in [0.2, 0.25) is 5.43 Å². The van der Waals surface area contributed by atoms with E-state index in [0.29, 0.717) is 21.9 Å². The number of rotatable bonds is 2. The lowest BCUT2D eigenvalue weighted by atomic mass is 9.81. The van der Waals surface area contributed by atoms with Gasteiger partial charge in [-0.25, -0.2) is 0 Å². The summed E-state index contributed by atoms with van der Waals surface area (Å²) in [4.78, 5) is 18.3. The zero-order valence-electron chi connectivity index (χ0n) is 23.8. The van der Waals surface area contributed by atoms with Gasteiger partial charge in [-0.3, -0.25) is 9.78 Å². The van der Waals surface area contributed by atoms with Crippen molar-refractivity contribution in [3.8, 4) is 27.9 Å². The van der Waals surface area contributed by atoms with Crippen LogP contribution in [-0.4, -0.2) is 9.55 Å². The lowest BCUT2D eigenvalue weighted by molar-refractivity contribution is 0.660. The summed E-state index contributed by atoms with van der Waals surface area (Å²) in [5.74, 6) is 0. The molecule has 0 fully saturated rings. The SMILES string of the molecule is CC1(C)c2ccccc2-c2ccc3c4cnccc4n(-c4cccc(-c5cccc6oc7ccccc7c(=O)c56)c4)c3c21. The molecule has 8 aromatic rings. The van der Waals surface area contributed by atoms with E-state index in [-0.39, 0.29) is 10.8 Å². The van der Waals surface area contributed by atoms with Crippen LogP contribution in [0.1, 0.15) is 25.0 Å². The van der Waals surface area contributed by atoms with Crippen molar-refractivity contribution < 1.29 is 4.42 Å². The summed E-state index contributed by atoms with van der Waals surface area (Å²) >= 11 is 0. The fourth-order valence-corrected chi connectivity index (χ4v) is 7.37. The molecular weight excluding hydrogens is 528 g/mol. The van der Waals surface area contributed by atoms with Crippen LogP contribution in [0.5, 0.6) is 0 Å². The number of pyridine rings is 1. The van der Waals surface area contributed by atoms with E-state index >= 15 is 0 Å². The highest BCUT2D eigenvalue weighted by molar-refractivity contribution is 6.13. The van der Waals surface area contributed by atoms with Crippen LogP contribution in [0.4, 0.5) is 0 Å². The van der Waals surface area contributed by atoms with E-state index in [2.05, 4.69) is 90.1 Å². The van der Waals surface area contributed by atoms with Gasteiger partial charge in [0.15, 0.2) is 0 Å². The molecule has 43 heavy (non-hydrogen) atoms. The van der Waals surface area contributed by atoms with Crippen molar-refractivity contribution in [2.45, 2.75) is 19.3 Å². The minimum atomic E-state index is -0.182. The van der Waals surface area contributed by atoms with Crippen molar-refractivity contribution >= 4 is 43.7 Å². The maximum Gasteiger partial charge on any atom is 0.201 e. The van der Waals surface area contributed by atoms with Gasteiger partial charge < -0.3 is 8.98 Å². The Bertz CT molecular complexity index is 2510. The van der Waals surface area contributed by atoms with Gasteiger partial charge in [0.1, 0.15) is 11.2 Å². The maximum absolute atomic E-state index is 13.8. The first-order valence-electron chi connectivity index (χ1n) is 14.6. The minimum Gasteiger partial charge on any atom is -0.456 e. The molecule has 0 bridgehead atoms. The first kappa shape index (κ1) is 24.2. The monoisotopic (exact) mass is 554 g/mol. The highest BCUT2D eigenvalue weighted by Crippen LogP contribution is 2.52. The Morgan fingerprint density at radius 2 is 1.49 bits per heavy atom. The average Bonchev–Trinajstić information content (AvgIpc) is 3.50. The Morgan fingerprint density at radius 1 is 0.698 bits per heavy atom. The molecule has 204 valence electrons. The van der Waals surface area contributed by atoms with E-state index in [0.717, 1.165) is 27.7 Å². The van der Waals surface area contributed by atoms with Gasteiger partial charge in [0.05, 0.1) is 21.8 Å². The molecule has 4 heteroatoms. The van der Waals surface area contributed by atoms with Crippen LogP contribution in [-0.2, 0) is 5.41 Å². The van der Waals surface area contributed by atoms with E-state index in [4.69, 9.17) is 4.42 Å². The van der Waals surface area contributed by atoms with Crippen LogP contribution in [0.2, 0.25) is 0 Å². The fraction of sp³-hybridized carbons (Fsp3) is 0.0769. The number of nitrogens with zero attached hydrogens (tertiary/aromatic N) is 2. The lowest BCUT2D eigenvalue weighted by Crippen LogP contribution is -2.16. The fourth-order valence-electron chi connectivity index (χ4n) is 7.37. The Morgan fingerprint density at radius 3 is 2.42 bits per heavy atom. The van der Waals surface area contributed by atoms with Gasteiger partial charge in [-0.15, -0.1) is 0 Å². The van der Waals surface area contributed by atoms with Gasteiger partial charge in [0.25, 0.3) is 0 Å². The molecule has 9 rings (SSSR count). The van der Waals surface area contributed by atoms with Crippen molar-refractivity contribution in [2.75, 3.05) is 0 Å². The average molecular weight is 555 g/mol. The topological polar surface area (TPSA) is 48.0 Å². The van der Waals surface area contributed by atoms with Gasteiger partial charge in [0, 0.05) is 34.3 Å². The van der Waals surface area contributed by atoms with Crippen molar-refractivity contribution in [3.63, 3.8) is 0 Å². The van der Waals surface area contributed by atoms with Gasteiger partial charge in [-0.05, 0) is 69.8 Å². The number of benzene rings is 5.